The van der Waals surface area contributed by atoms with Gasteiger partial charge in [0.25, 0.3) is 11.6 Å². The van der Waals surface area contributed by atoms with Crippen LogP contribution in [0, 0.1) is 33.3 Å². The van der Waals surface area contributed by atoms with Crippen molar-refractivity contribution < 1.29 is 9.72 Å². The van der Waals surface area contributed by atoms with Gasteiger partial charge in [-0.15, -0.1) is 0 Å². The van der Waals surface area contributed by atoms with E-state index in [0.29, 0.717) is 5.02 Å². The van der Waals surface area contributed by atoms with Crippen molar-refractivity contribution in [3.05, 3.63) is 38.9 Å². The highest BCUT2D eigenvalue weighted by molar-refractivity contribution is 6.31. The van der Waals surface area contributed by atoms with Gasteiger partial charge < -0.3 is 5.32 Å². The highest BCUT2D eigenvalue weighted by Gasteiger charge is 2.53. The molecule has 0 aliphatic heterocycles. The normalized spacial score (nSPS) is 33.9. The molecule has 1 aromatic carbocycles. The highest BCUT2D eigenvalue weighted by atomic mass is 35.5. The molecule has 0 aromatic heterocycles. The molecule has 4 fully saturated rings. The molecular weight excluding hydrogens is 340 g/mol. The van der Waals surface area contributed by atoms with Crippen LogP contribution in [0.2, 0.25) is 5.02 Å². The quantitative estimate of drug-likeness (QED) is 0.629. The van der Waals surface area contributed by atoms with Gasteiger partial charge in [-0.2, -0.15) is 0 Å². The third-order valence-corrected chi connectivity index (χ3v) is 6.99. The Labute approximate surface area is 152 Å². The van der Waals surface area contributed by atoms with Crippen LogP contribution in [0.3, 0.4) is 0 Å². The summed E-state index contributed by atoms with van der Waals surface area (Å²) in [7, 11) is 0. The van der Waals surface area contributed by atoms with E-state index in [1.54, 1.807) is 0 Å². The van der Waals surface area contributed by atoms with Crippen molar-refractivity contribution in [2.45, 2.75) is 51.5 Å². The van der Waals surface area contributed by atoms with Gasteiger partial charge in [0.2, 0.25) is 0 Å². The number of hydrogen-bond acceptors (Lipinski definition) is 3. The maximum atomic E-state index is 12.8. The van der Waals surface area contributed by atoms with Crippen molar-refractivity contribution in [3.63, 3.8) is 0 Å². The molecular formula is C19H23ClN2O3. The number of rotatable bonds is 4. The van der Waals surface area contributed by atoms with Gasteiger partial charge in [-0.1, -0.05) is 11.6 Å². The van der Waals surface area contributed by atoms with Gasteiger partial charge in [0.1, 0.15) is 5.56 Å². The second-order valence-electron chi connectivity index (χ2n) is 8.39. The summed E-state index contributed by atoms with van der Waals surface area (Å²) in [6.45, 7) is 2.07. The number of nitro benzene ring substituents is 1. The summed E-state index contributed by atoms with van der Waals surface area (Å²) in [5.74, 6) is 2.00. The fraction of sp³-hybridized carbons (Fsp3) is 0.632. The third kappa shape index (κ3) is 2.92. The number of halogens is 1. The number of carbonyl (C=O) groups is 1. The average Bonchev–Trinajstić information content (AvgIpc) is 2.53. The number of carbonyl (C=O) groups excluding carboxylic acids is 1. The van der Waals surface area contributed by atoms with Crippen LogP contribution in [0.1, 0.15) is 55.8 Å². The first-order valence-electron chi connectivity index (χ1n) is 9.11. The Bertz CT molecular complexity index is 698. The Balaban J connectivity index is 1.55. The van der Waals surface area contributed by atoms with E-state index < -0.39 is 10.8 Å². The maximum absolute atomic E-state index is 12.8. The van der Waals surface area contributed by atoms with E-state index in [0.717, 1.165) is 17.8 Å². The summed E-state index contributed by atoms with van der Waals surface area (Å²) in [6, 6.07) is 4.15. The predicted molar refractivity (Wildman–Crippen MR) is 95.6 cm³/mol. The zero-order valence-electron chi connectivity index (χ0n) is 14.3. The van der Waals surface area contributed by atoms with E-state index >= 15 is 0 Å². The lowest BCUT2D eigenvalue weighted by molar-refractivity contribution is -0.385. The molecule has 4 aliphatic rings. The minimum absolute atomic E-state index is 0.0204. The number of nitro groups is 1. The van der Waals surface area contributed by atoms with Crippen molar-refractivity contribution in [3.8, 4) is 0 Å². The zero-order chi connectivity index (χ0) is 17.8. The minimum Gasteiger partial charge on any atom is -0.349 e. The molecule has 25 heavy (non-hydrogen) atoms. The van der Waals surface area contributed by atoms with Crippen molar-refractivity contribution in [2.75, 3.05) is 0 Å². The first-order chi connectivity index (χ1) is 11.9. The van der Waals surface area contributed by atoms with Crippen molar-refractivity contribution >= 4 is 23.2 Å². The van der Waals surface area contributed by atoms with Crippen molar-refractivity contribution in [2.24, 2.45) is 23.2 Å². The molecule has 0 radical (unpaired) electrons. The van der Waals surface area contributed by atoms with Crippen LogP contribution >= 0.6 is 11.6 Å². The summed E-state index contributed by atoms with van der Waals surface area (Å²) in [6.07, 6.45) is 7.58. The second-order valence-corrected chi connectivity index (χ2v) is 8.83. The fourth-order valence-corrected chi connectivity index (χ4v) is 6.16. The molecule has 1 atom stereocenters. The Morgan fingerprint density at radius 2 is 1.80 bits per heavy atom. The zero-order valence-corrected chi connectivity index (χ0v) is 15.1. The predicted octanol–water partition coefficient (Wildman–Crippen LogP) is 4.58. The van der Waals surface area contributed by atoms with Crippen LogP contribution in [0.15, 0.2) is 18.2 Å². The van der Waals surface area contributed by atoms with Gasteiger partial charge in [0.15, 0.2) is 0 Å². The lowest BCUT2D eigenvalue weighted by Gasteiger charge is -2.59. The molecule has 0 unspecified atom stereocenters. The van der Waals surface area contributed by atoms with E-state index in [4.69, 9.17) is 11.6 Å². The summed E-state index contributed by atoms with van der Waals surface area (Å²) < 4.78 is 0. The molecule has 134 valence electrons. The lowest BCUT2D eigenvalue weighted by atomic mass is 9.48. The molecule has 5 rings (SSSR count). The largest absolute Gasteiger partial charge is 0.349 e. The molecule has 6 heteroatoms. The Hall–Kier alpha value is -1.62. The Morgan fingerprint density at radius 1 is 1.24 bits per heavy atom. The van der Waals surface area contributed by atoms with Gasteiger partial charge in [-0.3, -0.25) is 14.9 Å². The van der Waals surface area contributed by atoms with Crippen LogP contribution in [0.25, 0.3) is 0 Å². The Kier molecular flexibility index (Phi) is 4.02. The maximum Gasteiger partial charge on any atom is 0.282 e. The van der Waals surface area contributed by atoms with Crippen molar-refractivity contribution in [1.29, 1.82) is 0 Å². The number of nitrogens with one attached hydrogen (secondary N) is 1. The van der Waals surface area contributed by atoms with E-state index in [1.807, 2.05) is 0 Å². The van der Waals surface area contributed by atoms with Gasteiger partial charge in [-0.25, -0.2) is 0 Å². The molecule has 1 aromatic rings. The molecule has 0 spiro atoms. The molecule has 4 bridgehead atoms. The average molecular weight is 363 g/mol. The van der Waals surface area contributed by atoms with Crippen LogP contribution in [-0.4, -0.2) is 16.9 Å². The fourth-order valence-electron chi connectivity index (χ4n) is 5.98. The Morgan fingerprint density at radius 3 is 2.32 bits per heavy atom. The first kappa shape index (κ1) is 16.8. The number of nitrogens with zero attached hydrogens (tertiary/aromatic N) is 1. The summed E-state index contributed by atoms with van der Waals surface area (Å²) in [5.41, 5.74) is 0.0197. The van der Waals surface area contributed by atoms with Gasteiger partial charge in [0.05, 0.1) is 4.92 Å². The summed E-state index contributed by atoms with van der Waals surface area (Å²) >= 11 is 5.96. The summed E-state index contributed by atoms with van der Waals surface area (Å²) in [4.78, 5) is 23.5. The molecule has 0 heterocycles. The third-order valence-electron chi connectivity index (χ3n) is 6.75. The van der Waals surface area contributed by atoms with E-state index in [2.05, 4.69) is 12.2 Å². The SMILES string of the molecule is C[C@@H](NC(=O)c1cc(Cl)ccc1[N+](=O)[O-])C12CC3CC(CC(C3)C1)C2. The lowest BCUT2D eigenvalue weighted by Crippen LogP contribution is -2.55. The molecule has 5 nitrogen and oxygen atoms in total. The van der Waals surface area contributed by atoms with Crippen LogP contribution in [-0.2, 0) is 0 Å². The number of hydrogen-bond donors (Lipinski definition) is 1. The number of amides is 1. The van der Waals surface area contributed by atoms with E-state index in [-0.39, 0.29) is 22.7 Å². The smallest absolute Gasteiger partial charge is 0.282 e. The molecule has 0 saturated heterocycles. The van der Waals surface area contributed by atoms with Gasteiger partial charge in [0, 0.05) is 17.1 Å². The highest BCUT2D eigenvalue weighted by Crippen LogP contribution is 2.61. The monoisotopic (exact) mass is 362 g/mol. The van der Waals surface area contributed by atoms with Crippen LogP contribution < -0.4 is 5.32 Å². The standard InChI is InChI=1S/C19H23ClN2O3/c1-11(19-8-12-4-13(9-19)6-14(5-12)10-19)21-18(23)16-7-15(20)2-3-17(16)22(24)25/h2-3,7,11-14H,4-6,8-10H2,1H3,(H,21,23)/t11-,12?,13?,14?,19?/m1/s1. The summed E-state index contributed by atoms with van der Waals surface area (Å²) in [5, 5.41) is 14.6. The molecule has 4 aliphatic carbocycles. The van der Waals surface area contributed by atoms with E-state index in [1.165, 1.54) is 56.7 Å². The molecule has 1 N–H and O–H groups in total. The molecule has 1 amide bonds. The minimum atomic E-state index is -0.527. The molecule has 4 saturated carbocycles. The second kappa shape index (κ2) is 5.97. The van der Waals surface area contributed by atoms with Gasteiger partial charge >= 0.3 is 0 Å². The first-order valence-corrected chi connectivity index (χ1v) is 9.49. The van der Waals surface area contributed by atoms with Gasteiger partial charge in [-0.05, 0) is 80.8 Å². The topological polar surface area (TPSA) is 72.2 Å². The van der Waals surface area contributed by atoms with Crippen molar-refractivity contribution in [1.82, 2.24) is 5.32 Å². The number of benzene rings is 1. The van der Waals surface area contributed by atoms with E-state index in [9.17, 15) is 14.9 Å². The van der Waals surface area contributed by atoms with Crippen LogP contribution in [0.5, 0.6) is 0 Å². The van der Waals surface area contributed by atoms with Crippen LogP contribution in [0.4, 0.5) is 5.69 Å².